The number of rotatable bonds is 4. The monoisotopic (exact) mass is 203 g/mol. The van der Waals surface area contributed by atoms with Crippen molar-refractivity contribution >= 4 is 11.9 Å². The number of carbonyl (C=O) groups excluding carboxylic acids is 2. The van der Waals surface area contributed by atoms with E-state index in [0.717, 1.165) is 14.2 Å². The summed E-state index contributed by atoms with van der Waals surface area (Å²) in [5.41, 5.74) is -0.566. The summed E-state index contributed by atoms with van der Waals surface area (Å²) in [4.78, 5) is 30.8. The molecule has 0 bridgehead atoms. The molecule has 0 amide bonds. The van der Waals surface area contributed by atoms with E-state index >= 15 is 0 Å². The first-order chi connectivity index (χ1) is 6.51. The van der Waals surface area contributed by atoms with E-state index in [9.17, 15) is 19.7 Å². The zero-order valence-electron chi connectivity index (χ0n) is 7.68. The van der Waals surface area contributed by atoms with Gasteiger partial charge in [0.15, 0.2) is 0 Å². The first-order valence-electron chi connectivity index (χ1n) is 3.51. The lowest BCUT2D eigenvalue weighted by molar-refractivity contribution is -0.427. The summed E-state index contributed by atoms with van der Waals surface area (Å²) in [7, 11) is 2.17. The summed E-state index contributed by atoms with van der Waals surface area (Å²) in [6, 6.07) is 0. The molecule has 0 aliphatic rings. The van der Waals surface area contributed by atoms with Crippen LogP contribution in [0.4, 0.5) is 0 Å². The van der Waals surface area contributed by atoms with Gasteiger partial charge in [-0.15, -0.1) is 0 Å². The van der Waals surface area contributed by atoms with Crippen LogP contribution in [-0.4, -0.2) is 31.1 Å². The zero-order valence-corrected chi connectivity index (χ0v) is 7.68. The van der Waals surface area contributed by atoms with Crippen molar-refractivity contribution in [2.45, 2.75) is 6.42 Å². The smallest absolute Gasteiger partial charge is 0.337 e. The second-order valence-corrected chi connectivity index (χ2v) is 2.17. The van der Waals surface area contributed by atoms with Gasteiger partial charge in [0.25, 0.3) is 5.70 Å². The molecular weight excluding hydrogens is 194 g/mol. The molecule has 0 aliphatic carbocycles. The Hall–Kier alpha value is -1.92. The molecule has 0 saturated heterocycles. The summed E-state index contributed by atoms with van der Waals surface area (Å²) in [5.74, 6) is -1.68. The quantitative estimate of drug-likeness (QED) is 0.273. The van der Waals surface area contributed by atoms with Crippen LogP contribution in [0.1, 0.15) is 6.42 Å². The number of carbonyl (C=O) groups is 2. The van der Waals surface area contributed by atoms with Crippen molar-refractivity contribution in [3.8, 4) is 0 Å². The van der Waals surface area contributed by atoms with Crippen molar-refractivity contribution in [1.29, 1.82) is 0 Å². The molecule has 0 saturated carbocycles. The minimum Gasteiger partial charge on any atom is -0.469 e. The van der Waals surface area contributed by atoms with Gasteiger partial charge in [0, 0.05) is 0 Å². The molecule has 0 rings (SSSR count). The Kier molecular flexibility index (Phi) is 4.90. The van der Waals surface area contributed by atoms with Crippen LogP contribution in [0.15, 0.2) is 11.8 Å². The van der Waals surface area contributed by atoms with Crippen LogP contribution in [0.25, 0.3) is 0 Å². The average Bonchev–Trinajstić information content (AvgIpc) is 2.16. The van der Waals surface area contributed by atoms with Gasteiger partial charge in [-0.1, -0.05) is 0 Å². The van der Waals surface area contributed by atoms with Crippen LogP contribution in [0.2, 0.25) is 0 Å². The van der Waals surface area contributed by atoms with Gasteiger partial charge in [-0.2, -0.15) is 0 Å². The van der Waals surface area contributed by atoms with Gasteiger partial charge in [0.05, 0.1) is 25.2 Å². The largest absolute Gasteiger partial charge is 0.469 e. The van der Waals surface area contributed by atoms with Crippen molar-refractivity contribution in [2.24, 2.45) is 0 Å². The number of esters is 2. The van der Waals surface area contributed by atoms with Gasteiger partial charge in [-0.25, -0.2) is 4.79 Å². The Labute approximate surface area is 79.4 Å². The Morgan fingerprint density at radius 3 is 2.29 bits per heavy atom. The Morgan fingerprint density at radius 1 is 1.36 bits per heavy atom. The maximum absolute atomic E-state index is 10.7. The van der Waals surface area contributed by atoms with Gasteiger partial charge < -0.3 is 9.47 Å². The molecular formula is C7H9NO6. The molecule has 0 N–H and O–H groups in total. The number of nitrogens with zero attached hydrogens (tertiary/aromatic N) is 1. The third-order valence-corrected chi connectivity index (χ3v) is 1.27. The second-order valence-electron chi connectivity index (χ2n) is 2.17. The topological polar surface area (TPSA) is 95.7 Å². The maximum Gasteiger partial charge on any atom is 0.337 e. The molecule has 0 heterocycles. The highest BCUT2D eigenvalue weighted by molar-refractivity contribution is 5.83. The predicted octanol–water partition coefficient (Wildman–Crippen LogP) is -0.117. The lowest BCUT2D eigenvalue weighted by atomic mass is 10.3. The van der Waals surface area contributed by atoms with Gasteiger partial charge in [0.2, 0.25) is 0 Å². The van der Waals surface area contributed by atoms with Crippen molar-refractivity contribution in [1.82, 2.24) is 0 Å². The Morgan fingerprint density at radius 2 is 1.93 bits per heavy atom. The summed E-state index contributed by atoms with van der Waals surface area (Å²) < 4.78 is 8.38. The molecule has 0 aliphatic heterocycles. The maximum atomic E-state index is 10.7. The molecule has 0 spiro atoms. The van der Waals surface area contributed by atoms with Crippen LogP contribution >= 0.6 is 0 Å². The van der Waals surface area contributed by atoms with Crippen LogP contribution in [0, 0.1) is 10.1 Å². The van der Waals surface area contributed by atoms with Crippen LogP contribution in [0.3, 0.4) is 0 Å². The lowest BCUT2D eigenvalue weighted by Crippen LogP contribution is -2.10. The van der Waals surface area contributed by atoms with Crippen molar-refractivity contribution in [2.75, 3.05) is 14.2 Å². The van der Waals surface area contributed by atoms with E-state index < -0.39 is 29.0 Å². The van der Waals surface area contributed by atoms with Gasteiger partial charge in [0.1, 0.15) is 6.42 Å². The van der Waals surface area contributed by atoms with E-state index in [2.05, 4.69) is 9.47 Å². The Bertz CT molecular complexity index is 282. The summed E-state index contributed by atoms with van der Waals surface area (Å²) in [6.07, 6.45) is 0.0650. The third kappa shape index (κ3) is 4.19. The number of hydrogen-bond donors (Lipinski definition) is 0. The third-order valence-electron chi connectivity index (χ3n) is 1.27. The molecule has 0 aromatic rings. The molecule has 0 aromatic heterocycles. The molecule has 7 nitrogen and oxygen atoms in total. The van der Waals surface area contributed by atoms with E-state index in [1.807, 2.05) is 0 Å². The Balaban J connectivity index is 4.60. The number of nitro groups is 1. The van der Waals surface area contributed by atoms with E-state index in [0.29, 0.717) is 6.08 Å². The molecule has 0 radical (unpaired) electrons. The minimum atomic E-state index is -0.888. The summed E-state index contributed by atoms with van der Waals surface area (Å²) in [6.45, 7) is 0. The number of ether oxygens (including phenoxy) is 2. The SMILES string of the molecule is COC(=O)C=C(CC(=O)OC)[N+](=O)[O-]. The van der Waals surface area contributed by atoms with E-state index in [1.54, 1.807) is 0 Å². The standard InChI is InChI=1S/C7H9NO6/c1-13-6(9)3-5(8(11)12)4-7(10)14-2/h3H,4H2,1-2H3. The minimum absolute atomic E-state index is 0.566. The van der Waals surface area contributed by atoms with Gasteiger partial charge in [-0.3, -0.25) is 14.9 Å². The van der Waals surface area contributed by atoms with Crippen molar-refractivity contribution < 1.29 is 24.0 Å². The molecule has 7 heteroatoms. The van der Waals surface area contributed by atoms with Crippen LogP contribution in [-0.2, 0) is 19.1 Å². The first kappa shape index (κ1) is 12.1. The fraction of sp³-hybridized carbons (Fsp3) is 0.429. The fourth-order valence-electron chi connectivity index (χ4n) is 0.583. The van der Waals surface area contributed by atoms with E-state index in [4.69, 9.17) is 0 Å². The average molecular weight is 203 g/mol. The fourth-order valence-corrected chi connectivity index (χ4v) is 0.583. The molecule has 0 atom stereocenters. The number of methoxy groups -OCH3 is 2. The van der Waals surface area contributed by atoms with Gasteiger partial charge >= 0.3 is 11.9 Å². The highest BCUT2D eigenvalue weighted by Crippen LogP contribution is 2.03. The zero-order chi connectivity index (χ0) is 11.1. The molecule has 78 valence electrons. The highest BCUT2D eigenvalue weighted by atomic mass is 16.6. The molecule has 14 heavy (non-hydrogen) atoms. The lowest BCUT2D eigenvalue weighted by Gasteiger charge is -1.97. The second kappa shape index (κ2) is 5.68. The predicted molar refractivity (Wildman–Crippen MR) is 43.7 cm³/mol. The van der Waals surface area contributed by atoms with E-state index in [-0.39, 0.29) is 0 Å². The van der Waals surface area contributed by atoms with E-state index in [1.165, 1.54) is 0 Å². The summed E-state index contributed by atoms with van der Waals surface area (Å²) >= 11 is 0. The molecule has 0 unspecified atom stereocenters. The number of hydrogen-bond acceptors (Lipinski definition) is 6. The highest BCUT2D eigenvalue weighted by Gasteiger charge is 2.18. The first-order valence-corrected chi connectivity index (χ1v) is 3.51. The molecule has 0 aromatic carbocycles. The molecule has 0 fully saturated rings. The summed E-state index contributed by atoms with van der Waals surface area (Å²) in [5, 5.41) is 10.3. The van der Waals surface area contributed by atoms with Crippen LogP contribution in [0.5, 0.6) is 0 Å². The van der Waals surface area contributed by atoms with Crippen molar-refractivity contribution in [3.63, 3.8) is 0 Å². The van der Waals surface area contributed by atoms with Crippen LogP contribution < -0.4 is 0 Å². The van der Waals surface area contributed by atoms with Gasteiger partial charge in [-0.05, 0) is 0 Å². The van der Waals surface area contributed by atoms with Crippen molar-refractivity contribution in [3.05, 3.63) is 21.9 Å². The normalized spacial score (nSPS) is 10.6.